The first-order valence-electron chi connectivity index (χ1n) is 3.99. The van der Waals surface area contributed by atoms with Gasteiger partial charge < -0.3 is 25.3 Å². The average Bonchev–Trinajstić information content (AvgIpc) is 1.93. The van der Waals surface area contributed by atoms with Crippen LogP contribution in [0.3, 0.4) is 0 Å². The lowest BCUT2D eigenvalue weighted by molar-refractivity contribution is 0.204. The van der Waals surface area contributed by atoms with E-state index in [0.717, 1.165) is 4.90 Å². The molecule has 0 amide bonds. The second-order valence-electron chi connectivity index (χ2n) is 3.30. The summed E-state index contributed by atoms with van der Waals surface area (Å²) in [5.74, 6) is 0. The van der Waals surface area contributed by atoms with E-state index in [2.05, 4.69) is 0 Å². The summed E-state index contributed by atoms with van der Waals surface area (Å²) in [4.78, 5) is 37.2. The van der Waals surface area contributed by atoms with Crippen LogP contribution in [0.15, 0.2) is 0 Å². The summed E-state index contributed by atoms with van der Waals surface area (Å²) in [5.41, 5.74) is 5.13. The number of hydrogen-bond acceptors (Lipinski definition) is 4. The van der Waals surface area contributed by atoms with Gasteiger partial charge in [0, 0.05) is 6.42 Å². The lowest BCUT2D eigenvalue weighted by Gasteiger charge is -2.39. The van der Waals surface area contributed by atoms with E-state index in [1.807, 2.05) is 0 Å². The van der Waals surface area contributed by atoms with Gasteiger partial charge in [0.25, 0.3) is 0 Å². The van der Waals surface area contributed by atoms with Gasteiger partial charge in [0.1, 0.15) is 0 Å². The quantitative estimate of drug-likeness (QED) is 0.393. The number of nitrogens with zero attached hydrogens (tertiary/aromatic N) is 1. The Morgan fingerprint density at radius 1 is 1.13 bits per heavy atom. The highest BCUT2D eigenvalue weighted by molar-refractivity contribution is 7.72. The van der Waals surface area contributed by atoms with Crippen LogP contribution in [0.4, 0.5) is 0 Å². The molecule has 8 nitrogen and oxygen atoms in total. The zero-order valence-electron chi connectivity index (χ0n) is 8.44. The molecule has 15 heavy (non-hydrogen) atoms. The predicted octanol–water partition coefficient (Wildman–Crippen LogP) is -1.09. The first-order chi connectivity index (χ1) is 6.50. The molecular weight excluding hydrogens is 246 g/mol. The van der Waals surface area contributed by atoms with Crippen molar-refractivity contribution in [1.29, 1.82) is 0 Å². The van der Waals surface area contributed by atoms with E-state index < -0.39 is 26.6 Å². The van der Waals surface area contributed by atoms with E-state index >= 15 is 0 Å². The van der Waals surface area contributed by atoms with Crippen molar-refractivity contribution in [3.63, 3.8) is 0 Å². The Balaban J connectivity index is 5.72. The molecule has 0 bridgehead atoms. The Morgan fingerprint density at radius 3 is 1.53 bits per heavy atom. The molecule has 0 aliphatic heterocycles. The molecule has 0 aromatic rings. The molecule has 0 heterocycles. The van der Waals surface area contributed by atoms with Crippen LogP contribution in [-0.2, 0) is 9.13 Å². The molecule has 0 saturated carbocycles. The van der Waals surface area contributed by atoms with E-state index in [0.29, 0.717) is 0 Å². The van der Waals surface area contributed by atoms with Crippen LogP contribution < -0.4 is 5.73 Å². The Bertz CT molecular complexity index is 285. The average molecular weight is 262 g/mol. The largest absolute Gasteiger partial charge is 0.358 e. The topological polar surface area (TPSA) is 144 Å². The lowest BCUT2D eigenvalue weighted by atomic mass is 10.4. The standard InChI is InChI=1S/C5H16N2O6P2/c1-7(2)5(3-4-6,14(8,9)10)15(11,12)13/h3-4,6H2,1-2H3,(H2,8,9,10)(H2,11,12,13). The number of rotatable bonds is 5. The maximum Gasteiger partial charge on any atom is 0.358 e. The van der Waals surface area contributed by atoms with Crippen LogP contribution in [-0.4, -0.2) is 50.1 Å². The smallest absolute Gasteiger partial charge is 0.330 e. The van der Waals surface area contributed by atoms with Gasteiger partial charge in [0.05, 0.1) is 0 Å². The Hall–Kier alpha value is 0.220. The van der Waals surface area contributed by atoms with E-state index in [1.165, 1.54) is 14.1 Å². The third kappa shape index (κ3) is 2.67. The van der Waals surface area contributed by atoms with E-state index in [4.69, 9.17) is 25.3 Å². The van der Waals surface area contributed by atoms with Gasteiger partial charge >= 0.3 is 15.2 Å². The lowest BCUT2D eigenvalue weighted by Crippen LogP contribution is -2.45. The Kier molecular flexibility index (Phi) is 4.68. The summed E-state index contributed by atoms with van der Waals surface area (Å²) in [5, 5.41) is -2.53. The maximum absolute atomic E-state index is 11.2. The number of hydrogen-bond donors (Lipinski definition) is 5. The molecule has 0 spiro atoms. The van der Waals surface area contributed by atoms with Crippen molar-refractivity contribution in [3.8, 4) is 0 Å². The molecule has 0 rings (SSSR count). The van der Waals surface area contributed by atoms with Gasteiger partial charge in [-0.25, -0.2) is 0 Å². The van der Waals surface area contributed by atoms with Crippen molar-refractivity contribution in [1.82, 2.24) is 4.90 Å². The summed E-state index contributed by atoms with van der Waals surface area (Å²) >= 11 is 0. The van der Waals surface area contributed by atoms with Crippen LogP contribution in [0.2, 0.25) is 0 Å². The van der Waals surface area contributed by atoms with Gasteiger partial charge in [-0.3, -0.25) is 14.0 Å². The van der Waals surface area contributed by atoms with Crippen LogP contribution in [0, 0.1) is 0 Å². The van der Waals surface area contributed by atoms with Crippen LogP contribution in [0.5, 0.6) is 0 Å². The molecule has 0 aromatic carbocycles. The monoisotopic (exact) mass is 262 g/mol. The second kappa shape index (κ2) is 4.61. The SMILES string of the molecule is CN(C)C(CCN)(P(=O)(O)O)P(=O)(O)O. The molecule has 0 saturated heterocycles. The highest BCUT2D eigenvalue weighted by atomic mass is 31.2. The number of nitrogens with two attached hydrogens (primary N) is 1. The third-order valence-electron chi connectivity index (χ3n) is 2.13. The van der Waals surface area contributed by atoms with E-state index in [9.17, 15) is 9.13 Å². The summed E-state index contributed by atoms with van der Waals surface area (Å²) in [7, 11) is -7.66. The van der Waals surface area contributed by atoms with E-state index in [1.54, 1.807) is 0 Å². The van der Waals surface area contributed by atoms with Crippen molar-refractivity contribution in [2.24, 2.45) is 5.73 Å². The fourth-order valence-corrected chi connectivity index (χ4v) is 4.64. The molecule has 6 N–H and O–H groups in total. The second-order valence-corrected chi connectivity index (χ2v) is 7.30. The van der Waals surface area contributed by atoms with Gasteiger partial charge in [-0.15, -0.1) is 0 Å². The minimum Gasteiger partial charge on any atom is -0.330 e. The zero-order valence-corrected chi connectivity index (χ0v) is 10.2. The van der Waals surface area contributed by atoms with Crippen molar-refractivity contribution in [3.05, 3.63) is 0 Å². The summed E-state index contributed by atoms with van der Waals surface area (Å²) in [6.07, 6.45) is -0.492. The molecule has 0 atom stereocenters. The van der Waals surface area contributed by atoms with Crippen molar-refractivity contribution in [2.75, 3.05) is 20.6 Å². The first-order valence-corrected chi connectivity index (χ1v) is 7.22. The van der Waals surface area contributed by atoms with Gasteiger partial charge in [0.15, 0.2) is 0 Å². The molecule has 0 fully saturated rings. The molecule has 0 unspecified atom stereocenters. The fraction of sp³-hybridized carbons (Fsp3) is 1.00. The zero-order chi connectivity index (χ0) is 12.5. The van der Waals surface area contributed by atoms with Gasteiger partial charge in [0.2, 0.25) is 5.02 Å². The molecule has 0 aliphatic carbocycles. The Morgan fingerprint density at radius 2 is 1.47 bits per heavy atom. The van der Waals surface area contributed by atoms with E-state index in [-0.39, 0.29) is 6.54 Å². The van der Waals surface area contributed by atoms with Gasteiger partial charge in [-0.05, 0) is 20.6 Å². The molecule has 10 heteroatoms. The highest BCUT2D eigenvalue weighted by Gasteiger charge is 2.61. The minimum atomic E-state index is -5.02. The van der Waals surface area contributed by atoms with Gasteiger partial charge in [-0.2, -0.15) is 0 Å². The minimum absolute atomic E-state index is 0.242. The van der Waals surface area contributed by atoms with Crippen molar-refractivity contribution >= 4 is 15.2 Å². The van der Waals surface area contributed by atoms with Crippen LogP contribution in [0.25, 0.3) is 0 Å². The third-order valence-corrected chi connectivity index (χ3v) is 6.81. The summed E-state index contributed by atoms with van der Waals surface area (Å²) in [6.45, 7) is -0.242. The molecule has 0 aliphatic rings. The maximum atomic E-state index is 11.2. The van der Waals surface area contributed by atoms with Crippen LogP contribution in [0.1, 0.15) is 6.42 Å². The summed E-state index contributed by atoms with van der Waals surface area (Å²) < 4.78 is 22.5. The molecule has 0 radical (unpaired) electrons. The van der Waals surface area contributed by atoms with Crippen LogP contribution >= 0.6 is 15.2 Å². The summed E-state index contributed by atoms with van der Waals surface area (Å²) in [6, 6.07) is 0. The fourth-order valence-electron chi connectivity index (χ4n) is 1.40. The van der Waals surface area contributed by atoms with Crippen molar-refractivity contribution in [2.45, 2.75) is 11.4 Å². The molecular formula is C5H16N2O6P2. The highest BCUT2D eigenvalue weighted by Crippen LogP contribution is 2.71. The Labute approximate surface area is 87.4 Å². The molecule has 0 aromatic heterocycles. The van der Waals surface area contributed by atoms with Gasteiger partial charge in [-0.1, -0.05) is 0 Å². The van der Waals surface area contributed by atoms with Crippen molar-refractivity contribution < 1.29 is 28.7 Å². The normalized spacial score (nSPS) is 14.7. The predicted molar refractivity (Wildman–Crippen MR) is 54.2 cm³/mol. The first kappa shape index (κ1) is 15.2. The molecule has 92 valence electrons.